The molecule has 0 saturated carbocycles. The molecule has 1 amide bonds. The van der Waals surface area contributed by atoms with Crippen LogP contribution >= 0.6 is 0 Å². The molecule has 0 bridgehead atoms. The lowest BCUT2D eigenvalue weighted by Crippen LogP contribution is -2.19. The second kappa shape index (κ2) is 7.83. The molecule has 2 aromatic carbocycles. The Morgan fingerprint density at radius 2 is 1.72 bits per heavy atom. The van der Waals surface area contributed by atoms with E-state index in [4.69, 9.17) is 9.47 Å². The molecule has 1 heterocycles. The Morgan fingerprint density at radius 3 is 2.40 bits per heavy atom. The van der Waals surface area contributed by atoms with Gasteiger partial charge in [-0.15, -0.1) is 0 Å². The van der Waals surface area contributed by atoms with Crippen molar-refractivity contribution in [3.05, 3.63) is 53.6 Å². The molecule has 5 nitrogen and oxygen atoms in total. The average Bonchev–Trinajstić information content (AvgIpc) is 2.62. The van der Waals surface area contributed by atoms with Crippen LogP contribution in [-0.4, -0.2) is 24.9 Å². The Kier molecular flexibility index (Phi) is 5.33. The summed E-state index contributed by atoms with van der Waals surface area (Å²) in [6, 6.07) is 12.8. The number of ether oxygens (including phenoxy) is 2. The number of anilines is 1. The molecule has 5 heteroatoms. The maximum atomic E-state index is 12.4. The van der Waals surface area contributed by atoms with Gasteiger partial charge in [0.05, 0.1) is 12.1 Å². The number of carbonyl (C=O) groups is 2. The smallest absolute Gasteiger partial charge is 0.228 e. The molecule has 1 aliphatic heterocycles. The molecular weight excluding hydrogens is 318 g/mol. The van der Waals surface area contributed by atoms with E-state index < -0.39 is 0 Å². The standard InChI is InChI=1S/C20H21NO4/c1-2-6-17(22)15-12-18-19(25-10-9-24-18)13-16(15)21-20(23)11-14-7-4-3-5-8-14/h3-5,7-8,12-13H,2,6,9-11H2,1H3,(H,21,23). The normalized spacial score (nSPS) is 12.5. The minimum absolute atomic E-state index is 0.0190. The lowest BCUT2D eigenvalue weighted by Gasteiger charge is -2.21. The van der Waals surface area contributed by atoms with Crippen LogP contribution < -0.4 is 14.8 Å². The summed E-state index contributed by atoms with van der Waals surface area (Å²) < 4.78 is 11.1. The van der Waals surface area contributed by atoms with Gasteiger partial charge in [-0.2, -0.15) is 0 Å². The van der Waals surface area contributed by atoms with Crippen molar-refractivity contribution in [1.29, 1.82) is 0 Å². The number of Topliss-reactive ketones (excluding diaryl/α,β-unsaturated/α-hetero) is 1. The van der Waals surface area contributed by atoms with Crippen molar-refractivity contribution in [2.24, 2.45) is 0 Å². The fraction of sp³-hybridized carbons (Fsp3) is 0.300. The average molecular weight is 339 g/mol. The quantitative estimate of drug-likeness (QED) is 0.817. The van der Waals surface area contributed by atoms with E-state index in [0.29, 0.717) is 42.4 Å². The summed E-state index contributed by atoms with van der Waals surface area (Å²) in [5.41, 5.74) is 1.86. The van der Waals surface area contributed by atoms with Gasteiger partial charge in [0.1, 0.15) is 13.2 Å². The number of benzene rings is 2. The van der Waals surface area contributed by atoms with Crippen molar-refractivity contribution < 1.29 is 19.1 Å². The van der Waals surface area contributed by atoms with Crippen LogP contribution in [0.25, 0.3) is 0 Å². The molecule has 1 N–H and O–H groups in total. The summed E-state index contributed by atoms with van der Waals surface area (Å²) in [4.78, 5) is 24.8. The number of nitrogens with one attached hydrogen (secondary N) is 1. The van der Waals surface area contributed by atoms with Gasteiger partial charge < -0.3 is 14.8 Å². The second-order valence-corrected chi connectivity index (χ2v) is 5.93. The van der Waals surface area contributed by atoms with Crippen LogP contribution in [-0.2, 0) is 11.2 Å². The molecule has 0 aliphatic carbocycles. The van der Waals surface area contributed by atoms with E-state index in [2.05, 4.69) is 5.32 Å². The van der Waals surface area contributed by atoms with Crippen LogP contribution in [0.15, 0.2) is 42.5 Å². The zero-order chi connectivity index (χ0) is 17.6. The molecule has 0 spiro atoms. The summed E-state index contributed by atoms with van der Waals surface area (Å²) in [7, 11) is 0. The van der Waals surface area contributed by atoms with Crippen LogP contribution in [0.4, 0.5) is 5.69 Å². The van der Waals surface area contributed by atoms with Crippen LogP contribution in [0.3, 0.4) is 0 Å². The maximum Gasteiger partial charge on any atom is 0.228 e. The molecule has 3 rings (SSSR count). The van der Waals surface area contributed by atoms with Crippen molar-refractivity contribution in [1.82, 2.24) is 0 Å². The predicted molar refractivity (Wildman–Crippen MR) is 95.4 cm³/mol. The minimum Gasteiger partial charge on any atom is -0.486 e. The Hall–Kier alpha value is -2.82. The molecule has 0 fully saturated rings. The zero-order valence-corrected chi connectivity index (χ0v) is 14.2. The number of fused-ring (bicyclic) bond motifs is 1. The van der Waals surface area contributed by atoms with Gasteiger partial charge in [0.2, 0.25) is 5.91 Å². The summed E-state index contributed by atoms with van der Waals surface area (Å²) in [6.45, 7) is 2.85. The Bertz CT molecular complexity index is 771. The third kappa shape index (κ3) is 4.18. The lowest BCUT2D eigenvalue weighted by atomic mass is 10.0. The number of hydrogen-bond donors (Lipinski definition) is 1. The largest absolute Gasteiger partial charge is 0.486 e. The van der Waals surface area contributed by atoms with Gasteiger partial charge in [-0.05, 0) is 18.1 Å². The molecule has 0 atom stereocenters. The summed E-state index contributed by atoms with van der Waals surface area (Å²) in [6.07, 6.45) is 1.41. The van der Waals surface area contributed by atoms with E-state index in [1.807, 2.05) is 37.3 Å². The van der Waals surface area contributed by atoms with E-state index in [0.717, 1.165) is 12.0 Å². The highest BCUT2D eigenvalue weighted by atomic mass is 16.6. The minimum atomic E-state index is -0.173. The number of carbonyl (C=O) groups excluding carboxylic acids is 2. The Labute approximate surface area is 147 Å². The predicted octanol–water partition coefficient (Wildman–Crippen LogP) is 3.62. The lowest BCUT2D eigenvalue weighted by molar-refractivity contribution is -0.115. The van der Waals surface area contributed by atoms with Gasteiger partial charge in [-0.3, -0.25) is 9.59 Å². The fourth-order valence-electron chi connectivity index (χ4n) is 2.76. The molecule has 25 heavy (non-hydrogen) atoms. The third-order valence-electron chi connectivity index (χ3n) is 3.94. The first-order valence-electron chi connectivity index (χ1n) is 8.48. The summed E-state index contributed by atoms with van der Waals surface area (Å²) in [5.74, 6) is 0.906. The van der Waals surface area contributed by atoms with E-state index in [1.165, 1.54) is 0 Å². The van der Waals surface area contributed by atoms with Gasteiger partial charge in [-0.25, -0.2) is 0 Å². The number of rotatable bonds is 6. The van der Waals surface area contributed by atoms with E-state index >= 15 is 0 Å². The third-order valence-corrected chi connectivity index (χ3v) is 3.94. The topological polar surface area (TPSA) is 64.6 Å². The number of ketones is 1. The summed E-state index contributed by atoms with van der Waals surface area (Å²) >= 11 is 0. The number of amides is 1. The van der Waals surface area contributed by atoms with Crippen LogP contribution in [0.1, 0.15) is 35.7 Å². The van der Waals surface area contributed by atoms with Crippen molar-refractivity contribution >= 4 is 17.4 Å². The number of hydrogen-bond acceptors (Lipinski definition) is 4. The van der Waals surface area contributed by atoms with Crippen molar-refractivity contribution in [2.45, 2.75) is 26.2 Å². The maximum absolute atomic E-state index is 12.4. The first kappa shape index (κ1) is 17.0. The van der Waals surface area contributed by atoms with Crippen LogP contribution in [0.2, 0.25) is 0 Å². The van der Waals surface area contributed by atoms with Gasteiger partial charge in [0, 0.05) is 18.1 Å². The SMILES string of the molecule is CCCC(=O)c1cc2c(cc1NC(=O)Cc1ccccc1)OCCO2. The highest BCUT2D eigenvalue weighted by Crippen LogP contribution is 2.36. The van der Waals surface area contributed by atoms with Gasteiger partial charge in [0.15, 0.2) is 17.3 Å². The molecule has 0 radical (unpaired) electrons. The molecule has 130 valence electrons. The van der Waals surface area contributed by atoms with Gasteiger partial charge in [0.25, 0.3) is 0 Å². The van der Waals surface area contributed by atoms with E-state index in [9.17, 15) is 9.59 Å². The van der Waals surface area contributed by atoms with Gasteiger partial charge >= 0.3 is 0 Å². The second-order valence-electron chi connectivity index (χ2n) is 5.93. The Balaban J connectivity index is 1.85. The monoisotopic (exact) mass is 339 g/mol. The fourth-order valence-corrected chi connectivity index (χ4v) is 2.76. The van der Waals surface area contributed by atoms with Crippen LogP contribution in [0.5, 0.6) is 11.5 Å². The van der Waals surface area contributed by atoms with Crippen LogP contribution in [0, 0.1) is 0 Å². The summed E-state index contributed by atoms with van der Waals surface area (Å²) in [5, 5.41) is 2.85. The Morgan fingerprint density at radius 1 is 1.04 bits per heavy atom. The molecule has 1 aliphatic rings. The molecule has 0 unspecified atom stereocenters. The van der Waals surface area contributed by atoms with E-state index in [1.54, 1.807) is 12.1 Å². The van der Waals surface area contributed by atoms with E-state index in [-0.39, 0.29) is 18.1 Å². The zero-order valence-electron chi connectivity index (χ0n) is 14.2. The molecule has 0 saturated heterocycles. The first-order valence-corrected chi connectivity index (χ1v) is 8.48. The molecular formula is C20H21NO4. The molecule has 0 aromatic heterocycles. The first-order chi connectivity index (χ1) is 12.2. The highest BCUT2D eigenvalue weighted by molar-refractivity contribution is 6.06. The van der Waals surface area contributed by atoms with Crippen molar-refractivity contribution in [3.63, 3.8) is 0 Å². The van der Waals surface area contributed by atoms with Crippen molar-refractivity contribution in [3.8, 4) is 11.5 Å². The van der Waals surface area contributed by atoms with Crippen molar-refractivity contribution in [2.75, 3.05) is 18.5 Å². The molecule has 2 aromatic rings. The highest BCUT2D eigenvalue weighted by Gasteiger charge is 2.20. The van der Waals surface area contributed by atoms with Gasteiger partial charge in [-0.1, -0.05) is 37.3 Å².